The van der Waals surface area contributed by atoms with Crippen LogP contribution >= 0.6 is 11.3 Å². The van der Waals surface area contributed by atoms with Crippen LogP contribution < -0.4 is 10.6 Å². The van der Waals surface area contributed by atoms with Gasteiger partial charge in [0.2, 0.25) is 5.91 Å². The summed E-state index contributed by atoms with van der Waals surface area (Å²) < 4.78 is 4.82. The molecule has 0 atom stereocenters. The van der Waals surface area contributed by atoms with Crippen molar-refractivity contribution in [3.8, 4) is 0 Å². The maximum Gasteiger partial charge on any atom is 0.262 e. The van der Waals surface area contributed by atoms with Crippen LogP contribution in [0.25, 0.3) is 0 Å². The van der Waals surface area contributed by atoms with Gasteiger partial charge in [0, 0.05) is 13.7 Å². The molecule has 0 aliphatic carbocycles. The fourth-order valence-electron chi connectivity index (χ4n) is 1.55. The number of nitrogens with one attached hydrogen (secondary N) is 2. The normalized spacial score (nSPS) is 10.5. The van der Waals surface area contributed by atoms with Crippen LogP contribution in [0.4, 0.5) is 0 Å². The van der Waals surface area contributed by atoms with Gasteiger partial charge >= 0.3 is 0 Å². The first-order valence-corrected chi connectivity index (χ1v) is 7.05. The van der Waals surface area contributed by atoms with E-state index in [1.54, 1.807) is 7.11 Å². The third-order valence-electron chi connectivity index (χ3n) is 2.56. The Kier molecular flexibility index (Phi) is 6.52. The van der Waals surface area contributed by atoms with Gasteiger partial charge in [-0.05, 0) is 22.9 Å². The molecular formula is C13H20N2O3S. The second-order valence-corrected chi connectivity index (χ2v) is 5.30. The van der Waals surface area contributed by atoms with Crippen LogP contribution in [0.3, 0.4) is 0 Å². The first-order chi connectivity index (χ1) is 9.06. The fourth-order valence-corrected chi connectivity index (χ4v) is 2.52. The molecule has 6 heteroatoms. The van der Waals surface area contributed by atoms with Gasteiger partial charge in [0.15, 0.2) is 0 Å². The summed E-state index contributed by atoms with van der Waals surface area (Å²) in [5.74, 6) is -0.115. The smallest absolute Gasteiger partial charge is 0.262 e. The molecule has 0 spiro atoms. The number of thiophene rings is 1. The molecule has 0 unspecified atom stereocenters. The Balaban J connectivity index is 2.43. The van der Waals surface area contributed by atoms with Gasteiger partial charge in [0.05, 0.1) is 18.0 Å². The standard InChI is InChI=1S/C13H20N2O3S/c1-9(2)10-4-7-19-12(10)13(17)15-8-11(16)14-5-6-18-3/h4,7,9H,5-6,8H2,1-3H3,(H,14,16)(H,15,17). The zero-order valence-corrected chi connectivity index (χ0v) is 12.3. The zero-order valence-electron chi connectivity index (χ0n) is 11.5. The number of methoxy groups -OCH3 is 1. The summed E-state index contributed by atoms with van der Waals surface area (Å²) in [5.41, 5.74) is 1.02. The molecule has 1 aromatic rings. The van der Waals surface area contributed by atoms with Gasteiger partial charge in [-0.2, -0.15) is 0 Å². The van der Waals surface area contributed by atoms with Crippen molar-refractivity contribution in [3.63, 3.8) is 0 Å². The van der Waals surface area contributed by atoms with Gasteiger partial charge in [-0.25, -0.2) is 0 Å². The molecule has 19 heavy (non-hydrogen) atoms. The fraction of sp³-hybridized carbons (Fsp3) is 0.538. The second kappa shape index (κ2) is 7.91. The van der Waals surface area contributed by atoms with E-state index in [2.05, 4.69) is 10.6 Å². The minimum atomic E-state index is -0.215. The molecule has 0 aliphatic heterocycles. The molecule has 0 saturated carbocycles. The summed E-state index contributed by atoms with van der Waals surface area (Å²) in [6.45, 7) is 4.97. The molecule has 0 aliphatic rings. The summed E-state index contributed by atoms with van der Waals surface area (Å²) in [6, 6.07) is 1.95. The van der Waals surface area contributed by atoms with Gasteiger partial charge in [0.1, 0.15) is 0 Å². The maximum atomic E-state index is 12.0. The van der Waals surface area contributed by atoms with Crippen molar-refractivity contribution in [1.82, 2.24) is 10.6 Å². The molecule has 106 valence electrons. The number of hydrogen-bond donors (Lipinski definition) is 2. The highest BCUT2D eigenvalue weighted by molar-refractivity contribution is 7.12. The van der Waals surface area contributed by atoms with Crippen molar-refractivity contribution in [1.29, 1.82) is 0 Å². The number of carbonyl (C=O) groups is 2. The first-order valence-electron chi connectivity index (χ1n) is 6.17. The summed E-state index contributed by atoms with van der Waals surface area (Å²) >= 11 is 1.40. The molecule has 1 heterocycles. The molecule has 1 aromatic heterocycles. The average Bonchev–Trinajstić information content (AvgIpc) is 2.85. The Morgan fingerprint density at radius 2 is 2.11 bits per heavy atom. The molecule has 1 rings (SSSR count). The highest BCUT2D eigenvalue weighted by atomic mass is 32.1. The quantitative estimate of drug-likeness (QED) is 0.743. The van der Waals surface area contributed by atoms with Gasteiger partial charge in [0.25, 0.3) is 5.91 Å². The van der Waals surface area contributed by atoms with E-state index in [1.807, 2.05) is 25.3 Å². The van der Waals surface area contributed by atoms with E-state index in [9.17, 15) is 9.59 Å². The zero-order chi connectivity index (χ0) is 14.3. The largest absolute Gasteiger partial charge is 0.383 e. The van der Waals surface area contributed by atoms with Crippen molar-refractivity contribution in [2.24, 2.45) is 0 Å². The van der Waals surface area contributed by atoms with Gasteiger partial charge in [-0.3, -0.25) is 9.59 Å². The maximum absolute atomic E-state index is 12.0. The Morgan fingerprint density at radius 1 is 1.37 bits per heavy atom. The average molecular weight is 284 g/mol. The molecule has 0 aromatic carbocycles. The van der Waals surface area contributed by atoms with Crippen LogP contribution in [0.15, 0.2) is 11.4 Å². The third-order valence-corrected chi connectivity index (χ3v) is 3.49. The van der Waals surface area contributed by atoms with Crippen molar-refractivity contribution in [3.05, 3.63) is 21.9 Å². The van der Waals surface area contributed by atoms with Crippen LogP contribution in [-0.4, -0.2) is 38.6 Å². The van der Waals surface area contributed by atoms with E-state index in [-0.39, 0.29) is 18.4 Å². The van der Waals surface area contributed by atoms with Crippen molar-refractivity contribution >= 4 is 23.2 Å². The molecular weight excluding hydrogens is 264 g/mol. The lowest BCUT2D eigenvalue weighted by atomic mass is 10.0. The number of ether oxygens (including phenoxy) is 1. The Bertz CT molecular complexity index is 429. The number of hydrogen-bond acceptors (Lipinski definition) is 4. The van der Waals surface area contributed by atoms with E-state index in [1.165, 1.54) is 11.3 Å². The predicted octanol–water partition coefficient (Wildman–Crippen LogP) is 1.36. The summed E-state index contributed by atoms with van der Waals surface area (Å²) in [4.78, 5) is 24.1. The van der Waals surface area contributed by atoms with Crippen LogP contribution in [-0.2, 0) is 9.53 Å². The number of rotatable bonds is 7. The minimum Gasteiger partial charge on any atom is -0.383 e. The van der Waals surface area contributed by atoms with Crippen LogP contribution in [0, 0.1) is 0 Å². The lowest BCUT2D eigenvalue weighted by Gasteiger charge is -2.08. The molecule has 2 amide bonds. The van der Waals surface area contributed by atoms with Crippen molar-refractivity contribution in [2.75, 3.05) is 26.8 Å². The SMILES string of the molecule is COCCNC(=O)CNC(=O)c1sccc1C(C)C. The van der Waals surface area contributed by atoms with Gasteiger partial charge < -0.3 is 15.4 Å². The van der Waals surface area contributed by atoms with E-state index < -0.39 is 0 Å². The first kappa shape index (κ1) is 15.7. The molecule has 0 bridgehead atoms. The Morgan fingerprint density at radius 3 is 2.74 bits per heavy atom. The lowest BCUT2D eigenvalue weighted by Crippen LogP contribution is -2.38. The predicted molar refractivity (Wildman–Crippen MR) is 75.6 cm³/mol. The monoisotopic (exact) mass is 284 g/mol. The number of amides is 2. The van der Waals surface area contributed by atoms with Crippen LogP contribution in [0.2, 0.25) is 0 Å². The Hall–Kier alpha value is -1.40. The third kappa shape index (κ3) is 5.00. The van der Waals surface area contributed by atoms with E-state index in [0.29, 0.717) is 23.9 Å². The lowest BCUT2D eigenvalue weighted by molar-refractivity contribution is -0.120. The molecule has 0 radical (unpaired) electrons. The van der Waals surface area contributed by atoms with Crippen molar-refractivity contribution in [2.45, 2.75) is 19.8 Å². The van der Waals surface area contributed by atoms with Gasteiger partial charge in [-0.15, -0.1) is 11.3 Å². The summed E-state index contributed by atoms with van der Waals surface area (Å²) in [5, 5.41) is 7.16. The minimum absolute atomic E-state index is 0.0159. The summed E-state index contributed by atoms with van der Waals surface area (Å²) in [6.07, 6.45) is 0. The van der Waals surface area contributed by atoms with Crippen LogP contribution in [0.1, 0.15) is 35.0 Å². The molecule has 0 fully saturated rings. The molecule has 5 nitrogen and oxygen atoms in total. The molecule has 2 N–H and O–H groups in total. The van der Waals surface area contributed by atoms with E-state index >= 15 is 0 Å². The second-order valence-electron chi connectivity index (χ2n) is 4.39. The summed E-state index contributed by atoms with van der Waals surface area (Å²) in [7, 11) is 1.57. The number of carbonyl (C=O) groups excluding carboxylic acids is 2. The van der Waals surface area contributed by atoms with E-state index in [4.69, 9.17) is 4.74 Å². The van der Waals surface area contributed by atoms with Crippen LogP contribution in [0.5, 0.6) is 0 Å². The molecule has 0 saturated heterocycles. The topological polar surface area (TPSA) is 67.4 Å². The van der Waals surface area contributed by atoms with E-state index in [0.717, 1.165) is 5.56 Å². The van der Waals surface area contributed by atoms with Gasteiger partial charge in [-0.1, -0.05) is 13.8 Å². The highest BCUT2D eigenvalue weighted by Gasteiger charge is 2.15. The Labute approximate surface area is 117 Å². The van der Waals surface area contributed by atoms with Crippen molar-refractivity contribution < 1.29 is 14.3 Å². The highest BCUT2D eigenvalue weighted by Crippen LogP contribution is 2.24.